The van der Waals surface area contributed by atoms with Crippen molar-refractivity contribution in [3.8, 4) is 0 Å². The van der Waals surface area contributed by atoms with Crippen molar-refractivity contribution in [2.45, 2.75) is 18.9 Å². The Kier molecular flexibility index (Phi) is 3.14. The van der Waals surface area contributed by atoms with E-state index in [0.29, 0.717) is 5.02 Å². The summed E-state index contributed by atoms with van der Waals surface area (Å²) in [7, 11) is 0. The van der Waals surface area contributed by atoms with Crippen LogP contribution in [-0.4, -0.2) is 10.1 Å². The van der Waals surface area contributed by atoms with Crippen LogP contribution in [0.1, 0.15) is 28.5 Å². The van der Waals surface area contributed by atoms with E-state index in [1.807, 2.05) is 24.3 Å². The maximum absolute atomic E-state index is 10.5. The molecular weight excluding hydrogens is 314 g/mol. The van der Waals surface area contributed by atoms with Crippen LogP contribution < -0.4 is 0 Å². The molecule has 92 valence electrons. The molecule has 1 heterocycles. The summed E-state index contributed by atoms with van der Waals surface area (Å²) < 4.78 is 0.942. The number of aliphatic hydroxyl groups excluding tert-OH is 1. The largest absolute Gasteiger partial charge is 0.382 e. The van der Waals surface area contributed by atoms with Crippen molar-refractivity contribution >= 4 is 27.5 Å². The molecule has 2 nitrogen and oxygen atoms in total. The molecule has 0 spiro atoms. The van der Waals surface area contributed by atoms with Gasteiger partial charge in [0.2, 0.25) is 0 Å². The summed E-state index contributed by atoms with van der Waals surface area (Å²) in [5.74, 6) is 0. The number of nitrogens with zero attached hydrogens (tertiary/aromatic N) is 1. The predicted octanol–water partition coefficient (Wildman–Crippen LogP) is 3.68. The lowest BCUT2D eigenvalue weighted by atomic mass is 10.0. The van der Waals surface area contributed by atoms with Crippen molar-refractivity contribution in [3.63, 3.8) is 0 Å². The summed E-state index contributed by atoms with van der Waals surface area (Å²) in [6, 6.07) is 7.66. The third kappa shape index (κ3) is 2.07. The van der Waals surface area contributed by atoms with Crippen molar-refractivity contribution in [3.05, 3.63) is 62.3 Å². The Morgan fingerprint density at radius 1 is 1.22 bits per heavy atom. The zero-order chi connectivity index (χ0) is 12.7. The number of aliphatic hydroxyl groups is 1. The Bertz CT molecular complexity index is 561. The average Bonchev–Trinajstić information content (AvgIpc) is 2.47. The molecule has 18 heavy (non-hydrogen) atoms. The SMILES string of the molecule is OC1c2ccc(Cl)cc2CCc2cc(Br)cnc21. The molecule has 1 aliphatic carbocycles. The Labute approximate surface area is 119 Å². The van der Waals surface area contributed by atoms with E-state index in [-0.39, 0.29) is 0 Å². The quantitative estimate of drug-likeness (QED) is 0.802. The monoisotopic (exact) mass is 323 g/mol. The number of aryl methyl sites for hydroxylation is 2. The Morgan fingerprint density at radius 3 is 2.83 bits per heavy atom. The molecule has 1 aromatic carbocycles. The van der Waals surface area contributed by atoms with Gasteiger partial charge in [0.05, 0.1) is 5.69 Å². The minimum Gasteiger partial charge on any atom is -0.382 e. The number of aromatic nitrogens is 1. The highest BCUT2D eigenvalue weighted by molar-refractivity contribution is 9.10. The van der Waals surface area contributed by atoms with Gasteiger partial charge in [0.25, 0.3) is 0 Å². The van der Waals surface area contributed by atoms with E-state index >= 15 is 0 Å². The molecule has 0 saturated heterocycles. The van der Waals surface area contributed by atoms with Crippen molar-refractivity contribution < 1.29 is 5.11 Å². The number of hydrogen-bond acceptors (Lipinski definition) is 2. The molecule has 1 atom stereocenters. The molecule has 0 saturated carbocycles. The van der Waals surface area contributed by atoms with Crippen LogP contribution in [-0.2, 0) is 12.8 Å². The van der Waals surface area contributed by atoms with E-state index in [9.17, 15) is 5.11 Å². The minimum absolute atomic E-state index is 0.664. The van der Waals surface area contributed by atoms with Crippen molar-refractivity contribution in [2.75, 3.05) is 0 Å². The standard InChI is InChI=1S/C14H11BrClNO/c15-10-5-9-2-1-8-6-11(16)3-4-12(8)14(18)13(9)17-7-10/h3-7,14,18H,1-2H2. The highest BCUT2D eigenvalue weighted by atomic mass is 79.9. The van der Waals surface area contributed by atoms with E-state index in [2.05, 4.69) is 20.9 Å². The lowest BCUT2D eigenvalue weighted by molar-refractivity contribution is 0.214. The van der Waals surface area contributed by atoms with Crippen molar-refractivity contribution in [2.24, 2.45) is 0 Å². The first-order chi connectivity index (χ1) is 8.65. The molecule has 0 fully saturated rings. The van der Waals surface area contributed by atoms with Crippen LogP contribution in [0.15, 0.2) is 34.9 Å². The van der Waals surface area contributed by atoms with Crippen molar-refractivity contribution in [1.29, 1.82) is 0 Å². The van der Waals surface area contributed by atoms with Gasteiger partial charge >= 0.3 is 0 Å². The number of rotatable bonds is 0. The second-order valence-electron chi connectivity index (χ2n) is 4.44. The summed E-state index contributed by atoms with van der Waals surface area (Å²) in [5.41, 5.74) is 3.85. The highest BCUT2D eigenvalue weighted by Gasteiger charge is 2.23. The van der Waals surface area contributed by atoms with Gasteiger partial charge in [-0.2, -0.15) is 0 Å². The van der Waals surface area contributed by atoms with Crippen LogP contribution in [0.3, 0.4) is 0 Å². The molecular formula is C14H11BrClNO. The summed E-state index contributed by atoms with van der Waals surface area (Å²) in [6.45, 7) is 0. The lowest BCUT2D eigenvalue weighted by Crippen LogP contribution is -2.05. The Balaban J connectivity index is 2.15. The molecule has 0 bridgehead atoms. The predicted molar refractivity (Wildman–Crippen MR) is 74.9 cm³/mol. The van der Waals surface area contributed by atoms with Gasteiger partial charge in [0, 0.05) is 15.7 Å². The smallest absolute Gasteiger partial charge is 0.121 e. The maximum Gasteiger partial charge on any atom is 0.121 e. The van der Waals surface area contributed by atoms with Gasteiger partial charge in [0.1, 0.15) is 6.10 Å². The fourth-order valence-electron chi connectivity index (χ4n) is 2.41. The van der Waals surface area contributed by atoms with Gasteiger partial charge in [-0.25, -0.2) is 0 Å². The van der Waals surface area contributed by atoms with Crippen LogP contribution in [0.25, 0.3) is 0 Å². The van der Waals surface area contributed by atoms with Gasteiger partial charge in [-0.3, -0.25) is 4.98 Å². The van der Waals surface area contributed by atoms with Gasteiger partial charge < -0.3 is 5.11 Å². The number of pyridine rings is 1. The third-order valence-corrected chi connectivity index (χ3v) is 3.96. The minimum atomic E-state index is -0.664. The van der Waals surface area contributed by atoms with Gasteiger partial charge in [0.15, 0.2) is 0 Å². The fourth-order valence-corrected chi connectivity index (χ4v) is 2.99. The summed E-state index contributed by atoms with van der Waals surface area (Å²) >= 11 is 9.43. The fraction of sp³-hybridized carbons (Fsp3) is 0.214. The molecule has 4 heteroatoms. The summed E-state index contributed by atoms with van der Waals surface area (Å²) in [4.78, 5) is 4.35. The van der Waals surface area contributed by atoms with E-state index in [1.165, 1.54) is 0 Å². The number of fused-ring (bicyclic) bond motifs is 2. The van der Waals surface area contributed by atoms with Crippen molar-refractivity contribution in [1.82, 2.24) is 4.98 Å². The first-order valence-corrected chi connectivity index (χ1v) is 6.93. The molecule has 1 aromatic heterocycles. The highest BCUT2D eigenvalue weighted by Crippen LogP contribution is 2.33. The average molecular weight is 325 g/mol. The zero-order valence-corrected chi connectivity index (χ0v) is 11.9. The van der Waals surface area contributed by atoms with Crippen LogP contribution >= 0.6 is 27.5 Å². The van der Waals surface area contributed by atoms with E-state index in [4.69, 9.17) is 11.6 Å². The van der Waals surface area contributed by atoms with Crippen LogP contribution in [0, 0.1) is 0 Å². The number of hydrogen-bond donors (Lipinski definition) is 1. The summed E-state index contributed by atoms with van der Waals surface area (Å²) in [5, 5.41) is 11.2. The molecule has 0 radical (unpaired) electrons. The second-order valence-corrected chi connectivity index (χ2v) is 5.80. The third-order valence-electron chi connectivity index (χ3n) is 3.29. The zero-order valence-electron chi connectivity index (χ0n) is 9.53. The molecule has 3 rings (SSSR count). The molecule has 1 N–H and O–H groups in total. The van der Waals surface area contributed by atoms with Crippen LogP contribution in [0.5, 0.6) is 0 Å². The van der Waals surface area contributed by atoms with Gasteiger partial charge in [-0.05, 0) is 63.7 Å². The Hall–Kier alpha value is -0.900. The molecule has 0 amide bonds. The van der Waals surface area contributed by atoms with Crippen LogP contribution in [0.2, 0.25) is 5.02 Å². The first kappa shape index (κ1) is 12.2. The van der Waals surface area contributed by atoms with E-state index in [1.54, 1.807) is 6.20 Å². The molecule has 1 aliphatic rings. The Morgan fingerprint density at radius 2 is 2.00 bits per heavy atom. The van der Waals surface area contributed by atoms with Gasteiger partial charge in [-0.1, -0.05) is 17.7 Å². The van der Waals surface area contributed by atoms with Gasteiger partial charge in [-0.15, -0.1) is 0 Å². The molecule has 2 aromatic rings. The maximum atomic E-state index is 10.5. The molecule has 0 aliphatic heterocycles. The number of halogens is 2. The second kappa shape index (κ2) is 4.65. The topological polar surface area (TPSA) is 33.1 Å². The summed E-state index contributed by atoms with van der Waals surface area (Å²) in [6.07, 6.45) is 2.80. The van der Waals surface area contributed by atoms with Crippen LogP contribution in [0.4, 0.5) is 0 Å². The number of benzene rings is 1. The molecule has 1 unspecified atom stereocenters. The van der Waals surface area contributed by atoms with E-state index < -0.39 is 6.10 Å². The normalized spacial score (nSPS) is 17.8. The first-order valence-electron chi connectivity index (χ1n) is 5.76. The lowest BCUT2D eigenvalue weighted by Gasteiger charge is -2.13. The van der Waals surface area contributed by atoms with E-state index in [0.717, 1.165) is 39.7 Å².